The second-order valence-corrected chi connectivity index (χ2v) is 11.2. The average molecular weight is 512 g/mol. The Morgan fingerprint density at radius 3 is 2.65 bits per heavy atom. The lowest BCUT2D eigenvalue weighted by molar-refractivity contribution is -0.136. The first kappa shape index (κ1) is 27.4. The molecule has 202 valence electrons. The van der Waals surface area contributed by atoms with Gasteiger partial charge < -0.3 is 24.7 Å². The minimum absolute atomic E-state index is 0.0660. The fourth-order valence-corrected chi connectivity index (χ4v) is 5.68. The molecule has 0 bridgehead atoms. The maximum atomic E-state index is 13.6. The summed E-state index contributed by atoms with van der Waals surface area (Å²) in [6, 6.07) is 1.27. The first-order valence-corrected chi connectivity index (χ1v) is 13.8. The predicted molar refractivity (Wildman–Crippen MR) is 140 cm³/mol. The summed E-state index contributed by atoms with van der Waals surface area (Å²) in [7, 11) is 1.83. The maximum absolute atomic E-state index is 13.6. The standard InChI is InChI=1S/C29H41N3O5/c1-20-17-32(21(2)19-33)28(35)24-15-22(11-14-29(36)12-7-8-13-29)16-30-26(24)37-25(20)18-31(3)27(34)23-9-5-4-6-10-23/h15-16,20-21,23,25,33,36H,4-10,12-13,17-19H2,1-3H3/t20-,21-,25+/m0/s1. The fourth-order valence-electron chi connectivity index (χ4n) is 5.68. The van der Waals surface area contributed by atoms with Crippen LogP contribution in [0, 0.1) is 23.7 Å². The first-order valence-electron chi connectivity index (χ1n) is 13.8. The lowest BCUT2D eigenvalue weighted by Crippen LogP contribution is -2.51. The van der Waals surface area contributed by atoms with Crippen LogP contribution in [0.1, 0.15) is 87.6 Å². The van der Waals surface area contributed by atoms with Crippen molar-refractivity contribution in [2.24, 2.45) is 11.8 Å². The molecule has 2 aliphatic carbocycles. The molecule has 1 aromatic heterocycles. The Balaban J connectivity index is 1.61. The molecule has 0 aromatic carbocycles. The Bertz CT molecular complexity index is 1040. The largest absolute Gasteiger partial charge is 0.472 e. The van der Waals surface area contributed by atoms with Crippen molar-refractivity contribution in [1.29, 1.82) is 0 Å². The molecular weight excluding hydrogens is 470 g/mol. The van der Waals surface area contributed by atoms with E-state index in [0.717, 1.165) is 38.5 Å². The molecule has 3 aliphatic rings. The lowest BCUT2D eigenvalue weighted by atomic mass is 9.88. The zero-order valence-corrected chi connectivity index (χ0v) is 22.4. The molecule has 4 rings (SSSR count). The van der Waals surface area contributed by atoms with Crippen LogP contribution in [-0.2, 0) is 4.79 Å². The van der Waals surface area contributed by atoms with Crippen molar-refractivity contribution in [3.63, 3.8) is 0 Å². The van der Waals surface area contributed by atoms with Crippen molar-refractivity contribution >= 4 is 11.8 Å². The minimum Gasteiger partial charge on any atom is -0.472 e. The van der Waals surface area contributed by atoms with Crippen LogP contribution in [0.5, 0.6) is 5.88 Å². The number of ether oxygens (including phenoxy) is 1. The molecule has 0 spiro atoms. The van der Waals surface area contributed by atoms with Gasteiger partial charge in [-0.05, 0) is 51.5 Å². The second-order valence-electron chi connectivity index (χ2n) is 11.2. The zero-order valence-electron chi connectivity index (χ0n) is 22.4. The van der Waals surface area contributed by atoms with E-state index < -0.39 is 11.6 Å². The quantitative estimate of drug-likeness (QED) is 0.589. The van der Waals surface area contributed by atoms with E-state index in [1.807, 2.05) is 20.9 Å². The topological polar surface area (TPSA) is 103 Å². The van der Waals surface area contributed by atoms with Gasteiger partial charge in [0.15, 0.2) is 0 Å². The van der Waals surface area contributed by atoms with E-state index >= 15 is 0 Å². The molecule has 1 aliphatic heterocycles. The molecule has 0 saturated heterocycles. The normalized spacial score (nSPS) is 24.7. The van der Waals surface area contributed by atoms with Crippen molar-refractivity contribution in [3.05, 3.63) is 23.4 Å². The number of aliphatic hydroxyl groups is 2. The molecule has 2 fully saturated rings. The van der Waals surface area contributed by atoms with Gasteiger partial charge >= 0.3 is 0 Å². The monoisotopic (exact) mass is 511 g/mol. The Kier molecular flexibility index (Phi) is 8.76. The molecule has 0 radical (unpaired) electrons. The average Bonchev–Trinajstić information content (AvgIpc) is 3.35. The third-order valence-electron chi connectivity index (χ3n) is 8.18. The number of pyridine rings is 1. The minimum atomic E-state index is -0.988. The third-order valence-corrected chi connectivity index (χ3v) is 8.18. The lowest BCUT2D eigenvalue weighted by Gasteiger charge is -2.38. The molecule has 37 heavy (non-hydrogen) atoms. The summed E-state index contributed by atoms with van der Waals surface area (Å²) in [6.07, 6.45) is 9.64. The van der Waals surface area contributed by atoms with Crippen molar-refractivity contribution in [2.75, 3.05) is 26.7 Å². The third kappa shape index (κ3) is 6.45. The van der Waals surface area contributed by atoms with Crippen molar-refractivity contribution in [1.82, 2.24) is 14.8 Å². The highest BCUT2D eigenvalue weighted by Gasteiger charge is 2.36. The van der Waals surface area contributed by atoms with Crippen LogP contribution >= 0.6 is 0 Å². The van der Waals surface area contributed by atoms with Crippen LogP contribution < -0.4 is 4.74 Å². The number of aromatic nitrogens is 1. The number of nitrogens with zero attached hydrogens (tertiary/aromatic N) is 3. The predicted octanol–water partition coefficient (Wildman–Crippen LogP) is 3.00. The molecule has 2 amide bonds. The van der Waals surface area contributed by atoms with E-state index in [1.165, 1.54) is 6.42 Å². The van der Waals surface area contributed by atoms with Crippen LogP contribution in [-0.4, -0.2) is 81.3 Å². The van der Waals surface area contributed by atoms with Gasteiger partial charge in [-0.1, -0.05) is 38.0 Å². The Morgan fingerprint density at radius 1 is 1.27 bits per heavy atom. The molecule has 8 heteroatoms. The maximum Gasteiger partial charge on any atom is 0.259 e. The fraction of sp³-hybridized carbons (Fsp3) is 0.690. The van der Waals surface area contributed by atoms with E-state index in [1.54, 1.807) is 22.1 Å². The van der Waals surface area contributed by atoms with Gasteiger partial charge in [0.1, 0.15) is 17.3 Å². The molecule has 2 N–H and O–H groups in total. The molecule has 2 heterocycles. The van der Waals surface area contributed by atoms with E-state index in [0.29, 0.717) is 31.5 Å². The van der Waals surface area contributed by atoms with Crippen LogP contribution in [0.4, 0.5) is 0 Å². The molecule has 8 nitrogen and oxygen atoms in total. The number of likely N-dealkylation sites (N-methyl/N-ethyl adjacent to an activating group) is 1. The Hall–Kier alpha value is -2.63. The van der Waals surface area contributed by atoms with Crippen molar-refractivity contribution < 1.29 is 24.5 Å². The molecule has 1 aromatic rings. The summed E-state index contributed by atoms with van der Waals surface area (Å²) >= 11 is 0. The highest BCUT2D eigenvalue weighted by atomic mass is 16.5. The van der Waals surface area contributed by atoms with E-state index in [4.69, 9.17) is 4.74 Å². The van der Waals surface area contributed by atoms with Gasteiger partial charge in [-0.3, -0.25) is 9.59 Å². The van der Waals surface area contributed by atoms with Gasteiger partial charge in [-0.15, -0.1) is 0 Å². The van der Waals surface area contributed by atoms with E-state index in [-0.39, 0.29) is 47.8 Å². The number of hydrogen-bond acceptors (Lipinski definition) is 6. The van der Waals surface area contributed by atoms with E-state index in [9.17, 15) is 19.8 Å². The van der Waals surface area contributed by atoms with Gasteiger partial charge in [-0.2, -0.15) is 0 Å². The van der Waals surface area contributed by atoms with Crippen molar-refractivity contribution in [2.45, 2.75) is 89.4 Å². The second kappa shape index (κ2) is 11.8. The van der Waals surface area contributed by atoms with E-state index in [2.05, 4.69) is 16.8 Å². The Morgan fingerprint density at radius 2 is 1.97 bits per heavy atom. The van der Waals surface area contributed by atoms with Crippen molar-refractivity contribution in [3.8, 4) is 17.7 Å². The molecule has 3 atom stereocenters. The smallest absolute Gasteiger partial charge is 0.259 e. The summed E-state index contributed by atoms with van der Waals surface area (Å²) in [4.78, 5) is 34.6. The van der Waals surface area contributed by atoms with Crippen LogP contribution in [0.3, 0.4) is 0 Å². The number of aliphatic hydroxyl groups excluding tert-OH is 1. The number of fused-ring (bicyclic) bond motifs is 1. The summed E-state index contributed by atoms with van der Waals surface area (Å²) < 4.78 is 6.33. The SMILES string of the molecule is C[C@H]1CN([C@@H](C)CO)C(=O)c2cc(C#CC3(O)CCCC3)cnc2O[C@@H]1CN(C)C(=O)C1CCCCC1. The van der Waals surface area contributed by atoms with Crippen LogP contribution in [0.25, 0.3) is 0 Å². The van der Waals surface area contributed by atoms with Gasteiger partial charge in [0.2, 0.25) is 11.8 Å². The number of carbonyl (C=O) groups excluding carboxylic acids is 2. The van der Waals surface area contributed by atoms with Gasteiger partial charge in [0.25, 0.3) is 5.91 Å². The number of hydrogen-bond donors (Lipinski definition) is 2. The number of rotatable bonds is 5. The zero-order chi connectivity index (χ0) is 26.6. The highest BCUT2D eigenvalue weighted by molar-refractivity contribution is 5.97. The van der Waals surface area contributed by atoms with Gasteiger partial charge in [0.05, 0.1) is 19.2 Å². The molecular formula is C29H41N3O5. The van der Waals surface area contributed by atoms with Crippen LogP contribution in [0.2, 0.25) is 0 Å². The summed E-state index contributed by atoms with van der Waals surface area (Å²) in [5.74, 6) is 6.03. The van der Waals surface area contributed by atoms with Gasteiger partial charge in [-0.25, -0.2) is 4.98 Å². The summed E-state index contributed by atoms with van der Waals surface area (Å²) in [5.41, 5.74) is -0.177. The molecule has 2 saturated carbocycles. The number of amides is 2. The highest BCUT2D eigenvalue weighted by Crippen LogP contribution is 2.30. The Labute approximate surface area is 220 Å². The molecule has 0 unspecified atom stereocenters. The summed E-state index contributed by atoms with van der Waals surface area (Å²) in [5, 5.41) is 20.5. The summed E-state index contributed by atoms with van der Waals surface area (Å²) in [6.45, 7) is 4.42. The van der Waals surface area contributed by atoms with Crippen LogP contribution in [0.15, 0.2) is 12.3 Å². The number of carbonyl (C=O) groups is 2. The first-order chi connectivity index (χ1) is 17.7. The van der Waals surface area contributed by atoms with Gasteiger partial charge in [0, 0.05) is 37.2 Å².